The zero-order valence-electron chi connectivity index (χ0n) is 11.8. The highest BCUT2D eigenvalue weighted by Crippen LogP contribution is 2.21. The lowest BCUT2D eigenvalue weighted by Crippen LogP contribution is -2.14. The number of rotatable bonds is 4. The van der Waals surface area contributed by atoms with Crippen molar-refractivity contribution in [2.45, 2.75) is 6.54 Å². The summed E-state index contributed by atoms with van der Waals surface area (Å²) < 4.78 is 1.58. The first-order chi connectivity index (χ1) is 11.1. The summed E-state index contributed by atoms with van der Waals surface area (Å²) in [4.78, 5) is 20.4. The predicted octanol–water partition coefficient (Wildman–Crippen LogP) is 3.28. The number of benzene rings is 1. The van der Waals surface area contributed by atoms with E-state index in [2.05, 4.69) is 20.4 Å². The van der Waals surface area contributed by atoms with Crippen molar-refractivity contribution in [3.05, 3.63) is 70.2 Å². The van der Waals surface area contributed by atoms with Gasteiger partial charge in [0.1, 0.15) is 6.33 Å². The lowest BCUT2D eigenvalue weighted by atomic mass is 10.2. The number of hydrogen-bond acceptors (Lipinski definition) is 4. The normalized spacial score (nSPS) is 10.5. The standard InChI is InChI=1S/C15H11Cl2N5O/c16-10-4-5-12(13(17)7-10)14(23)20-15-19-9-22(21-15)8-11-3-1-2-6-18-11/h1-7,9H,8H2,(H,20,21,23). The second-order valence-corrected chi connectivity index (χ2v) is 5.51. The summed E-state index contributed by atoms with van der Waals surface area (Å²) in [5.41, 5.74) is 1.15. The van der Waals surface area contributed by atoms with Gasteiger partial charge in [-0.1, -0.05) is 29.3 Å². The van der Waals surface area contributed by atoms with Gasteiger partial charge in [-0.2, -0.15) is 0 Å². The second kappa shape index (κ2) is 6.76. The van der Waals surface area contributed by atoms with Crippen LogP contribution in [0.1, 0.15) is 16.1 Å². The van der Waals surface area contributed by atoms with Crippen molar-refractivity contribution in [1.82, 2.24) is 19.7 Å². The molecule has 2 aromatic heterocycles. The van der Waals surface area contributed by atoms with Crippen LogP contribution in [-0.2, 0) is 6.54 Å². The number of anilines is 1. The van der Waals surface area contributed by atoms with E-state index in [1.54, 1.807) is 23.0 Å². The van der Waals surface area contributed by atoms with Gasteiger partial charge in [-0.05, 0) is 30.3 Å². The van der Waals surface area contributed by atoms with Crippen LogP contribution >= 0.6 is 23.2 Å². The van der Waals surface area contributed by atoms with E-state index in [4.69, 9.17) is 23.2 Å². The number of carbonyl (C=O) groups excluding carboxylic acids is 1. The van der Waals surface area contributed by atoms with Gasteiger partial charge in [-0.3, -0.25) is 15.1 Å². The van der Waals surface area contributed by atoms with Crippen molar-refractivity contribution in [3.63, 3.8) is 0 Å². The molecular formula is C15H11Cl2N5O. The van der Waals surface area contributed by atoms with Gasteiger partial charge in [0, 0.05) is 11.2 Å². The Bertz CT molecular complexity index is 835. The highest BCUT2D eigenvalue weighted by molar-refractivity contribution is 6.37. The average Bonchev–Trinajstić information content (AvgIpc) is 2.95. The van der Waals surface area contributed by atoms with E-state index in [0.717, 1.165) is 5.69 Å². The zero-order chi connectivity index (χ0) is 16.2. The fraction of sp³-hybridized carbons (Fsp3) is 0.0667. The Hall–Kier alpha value is -2.44. The molecule has 3 rings (SSSR count). The first-order valence-electron chi connectivity index (χ1n) is 6.67. The van der Waals surface area contributed by atoms with Crippen molar-refractivity contribution in [2.75, 3.05) is 5.32 Å². The molecule has 0 radical (unpaired) electrons. The quantitative estimate of drug-likeness (QED) is 0.785. The molecule has 0 saturated carbocycles. The third-order valence-electron chi connectivity index (χ3n) is 2.99. The monoisotopic (exact) mass is 347 g/mol. The Labute approximate surface area is 142 Å². The lowest BCUT2D eigenvalue weighted by molar-refractivity contribution is 0.102. The second-order valence-electron chi connectivity index (χ2n) is 4.67. The minimum absolute atomic E-state index is 0.192. The number of amides is 1. The molecule has 1 N–H and O–H groups in total. The largest absolute Gasteiger partial charge is 0.289 e. The van der Waals surface area contributed by atoms with Gasteiger partial charge < -0.3 is 0 Å². The van der Waals surface area contributed by atoms with E-state index in [9.17, 15) is 4.79 Å². The molecule has 3 aromatic rings. The molecule has 0 aliphatic carbocycles. The molecule has 8 heteroatoms. The number of nitrogens with one attached hydrogen (secondary N) is 1. The molecule has 0 atom stereocenters. The summed E-state index contributed by atoms with van der Waals surface area (Å²) in [5.74, 6) is -0.209. The van der Waals surface area contributed by atoms with Crippen LogP contribution in [0.25, 0.3) is 0 Å². The highest BCUT2D eigenvalue weighted by Gasteiger charge is 2.13. The van der Waals surface area contributed by atoms with Crippen LogP contribution in [0.4, 0.5) is 5.95 Å². The minimum Gasteiger partial charge on any atom is -0.289 e. The molecule has 0 bridgehead atoms. The number of pyridine rings is 1. The Morgan fingerprint density at radius 1 is 1.17 bits per heavy atom. The molecular weight excluding hydrogens is 337 g/mol. The van der Waals surface area contributed by atoms with E-state index in [1.165, 1.54) is 12.4 Å². The van der Waals surface area contributed by atoms with Crippen LogP contribution in [0, 0.1) is 0 Å². The molecule has 0 unspecified atom stereocenters. The van der Waals surface area contributed by atoms with Gasteiger partial charge in [-0.25, -0.2) is 9.67 Å². The van der Waals surface area contributed by atoms with E-state index in [1.807, 2.05) is 18.2 Å². The van der Waals surface area contributed by atoms with Crippen LogP contribution in [-0.4, -0.2) is 25.7 Å². The Morgan fingerprint density at radius 2 is 2.04 bits per heavy atom. The Balaban J connectivity index is 1.70. The first-order valence-corrected chi connectivity index (χ1v) is 7.43. The summed E-state index contributed by atoms with van der Waals surface area (Å²) in [6.07, 6.45) is 3.23. The molecule has 23 heavy (non-hydrogen) atoms. The molecule has 0 aliphatic heterocycles. The summed E-state index contributed by atoms with van der Waals surface area (Å²) in [6, 6.07) is 10.3. The predicted molar refractivity (Wildman–Crippen MR) is 87.8 cm³/mol. The van der Waals surface area contributed by atoms with Crippen molar-refractivity contribution >= 4 is 35.1 Å². The maximum absolute atomic E-state index is 12.2. The Morgan fingerprint density at radius 3 is 2.78 bits per heavy atom. The average molecular weight is 348 g/mol. The van der Waals surface area contributed by atoms with E-state index in [-0.39, 0.29) is 11.0 Å². The molecule has 116 valence electrons. The molecule has 0 spiro atoms. The van der Waals surface area contributed by atoms with E-state index in [0.29, 0.717) is 17.1 Å². The van der Waals surface area contributed by atoms with Crippen LogP contribution in [0.3, 0.4) is 0 Å². The SMILES string of the molecule is O=C(Nc1ncn(Cc2ccccn2)n1)c1ccc(Cl)cc1Cl. The number of halogens is 2. The summed E-state index contributed by atoms with van der Waals surface area (Å²) in [5, 5.41) is 7.51. The van der Waals surface area contributed by atoms with Gasteiger partial charge in [-0.15, -0.1) is 5.10 Å². The number of carbonyl (C=O) groups is 1. The van der Waals surface area contributed by atoms with Crippen molar-refractivity contribution < 1.29 is 4.79 Å². The van der Waals surface area contributed by atoms with Gasteiger partial charge >= 0.3 is 0 Å². The maximum atomic E-state index is 12.2. The van der Waals surface area contributed by atoms with E-state index < -0.39 is 5.91 Å². The van der Waals surface area contributed by atoms with Crippen molar-refractivity contribution in [3.8, 4) is 0 Å². The minimum atomic E-state index is -0.401. The molecule has 0 aliphatic rings. The fourth-order valence-electron chi connectivity index (χ4n) is 1.93. The molecule has 6 nitrogen and oxygen atoms in total. The van der Waals surface area contributed by atoms with Crippen LogP contribution < -0.4 is 5.32 Å². The fourth-order valence-corrected chi connectivity index (χ4v) is 2.42. The summed E-state index contributed by atoms with van der Waals surface area (Å²) in [7, 11) is 0. The summed E-state index contributed by atoms with van der Waals surface area (Å²) >= 11 is 11.8. The Kier molecular flexibility index (Phi) is 4.55. The third kappa shape index (κ3) is 3.85. The number of nitrogens with zero attached hydrogens (tertiary/aromatic N) is 4. The molecule has 0 fully saturated rings. The van der Waals surface area contributed by atoms with E-state index >= 15 is 0 Å². The van der Waals surface area contributed by atoms with Crippen LogP contribution in [0.15, 0.2) is 48.9 Å². The highest BCUT2D eigenvalue weighted by atomic mass is 35.5. The van der Waals surface area contributed by atoms with Gasteiger partial charge in [0.25, 0.3) is 5.91 Å². The number of hydrogen-bond donors (Lipinski definition) is 1. The zero-order valence-corrected chi connectivity index (χ0v) is 13.3. The smallest absolute Gasteiger partial charge is 0.259 e. The number of aromatic nitrogens is 4. The topological polar surface area (TPSA) is 72.7 Å². The summed E-state index contributed by atoms with van der Waals surface area (Å²) in [6.45, 7) is 0.464. The van der Waals surface area contributed by atoms with Crippen molar-refractivity contribution in [1.29, 1.82) is 0 Å². The van der Waals surface area contributed by atoms with Gasteiger partial charge in [0.2, 0.25) is 5.95 Å². The van der Waals surface area contributed by atoms with Gasteiger partial charge in [0.15, 0.2) is 0 Å². The molecule has 1 aromatic carbocycles. The van der Waals surface area contributed by atoms with Crippen LogP contribution in [0.5, 0.6) is 0 Å². The molecule has 0 saturated heterocycles. The third-order valence-corrected chi connectivity index (χ3v) is 3.54. The van der Waals surface area contributed by atoms with Crippen LogP contribution in [0.2, 0.25) is 10.0 Å². The first kappa shape index (κ1) is 15.5. The van der Waals surface area contributed by atoms with Gasteiger partial charge in [0.05, 0.1) is 22.8 Å². The maximum Gasteiger partial charge on any atom is 0.259 e. The molecule has 1 amide bonds. The van der Waals surface area contributed by atoms with Crippen molar-refractivity contribution in [2.24, 2.45) is 0 Å². The lowest BCUT2D eigenvalue weighted by Gasteiger charge is -2.04. The molecule has 2 heterocycles.